The molecular weight excluding hydrogens is 444 g/mol. The number of aryl methyl sites for hydroxylation is 2. The molecule has 35 heavy (non-hydrogen) atoms. The van der Waals surface area contributed by atoms with Crippen molar-refractivity contribution in [3.05, 3.63) is 93.2 Å². The van der Waals surface area contributed by atoms with Gasteiger partial charge in [0.1, 0.15) is 11.5 Å². The molecule has 1 heterocycles. The molecule has 2 aromatic carbocycles. The van der Waals surface area contributed by atoms with Crippen LogP contribution in [-0.4, -0.2) is 26.7 Å². The van der Waals surface area contributed by atoms with Gasteiger partial charge in [-0.05, 0) is 37.3 Å². The van der Waals surface area contributed by atoms with Gasteiger partial charge in [-0.3, -0.25) is 14.2 Å². The average Bonchev–Trinajstić information content (AvgIpc) is 2.79. The number of carboxylic acid groups (broad SMARTS) is 1. The molecule has 0 bridgehead atoms. The molecule has 8 nitrogen and oxygen atoms in total. The number of hydrogen-bond donors (Lipinski definition) is 3. The fourth-order valence-electron chi connectivity index (χ4n) is 3.86. The number of anilines is 1. The lowest BCUT2D eigenvalue weighted by Gasteiger charge is -2.20. The molecule has 8 heteroatoms. The molecule has 1 unspecified atom stereocenters. The number of carbonyl (C=O) groups excluding carboxylic acids is 1. The van der Waals surface area contributed by atoms with Crippen LogP contribution in [0.2, 0.25) is 0 Å². The lowest BCUT2D eigenvalue weighted by atomic mass is 10.0. The van der Waals surface area contributed by atoms with E-state index in [1.165, 1.54) is 4.57 Å². The van der Waals surface area contributed by atoms with Crippen LogP contribution in [0.4, 0.5) is 10.5 Å². The molecule has 1 atom stereocenters. The highest BCUT2D eigenvalue weighted by Gasteiger charge is 2.22. The standard InChI is InChI=1S/C27H32N4O4/c1-17(2)14-23-25(26(34)31(19(4)28-23)16-20-8-6-5-7-9-20)30-27(35)29-22(15-24(32)33)21-12-10-18(3)11-13-21/h5-13,17,22H,14-16H2,1-4H3,(H,32,33)(H2,29,30,35). The van der Waals surface area contributed by atoms with Crippen LogP contribution in [0.3, 0.4) is 0 Å². The molecule has 184 valence electrons. The van der Waals surface area contributed by atoms with E-state index in [4.69, 9.17) is 0 Å². The molecule has 3 N–H and O–H groups in total. The molecular formula is C27H32N4O4. The average molecular weight is 477 g/mol. The second kappa shape index (κ2) is 11.5. The number of aromatic nitrogens is 2. The number of carboxylic acids is 1. The molecule has 0 fully saturated rings. The van der Waals surface area contributed by atoms with E-state index in [0.29, 0.717) is 30.0 Å². The number of nitrogens with one attached hydrogen (secondary N) is 2. The fraction of sp³-hybridized carbons (Fsp3) is 0.333. The summed E-state index contributed by atoms with van der Waals surface area (Å²) in [7, 11) is 0. The Kier molecular flexibility index (Phi) is 8.41. The van der Waals surface area contributed by atoms with Gasteiger partial charge in [-0.25, -0.2) is 9.78 Å². The van der Waals surface area contributed by atoms with E-state index in [9.17, 15) is 19.5 Å². The number of rotatable bonds is 9. The summed E-state index contributed by atoms with van der Waals surface area (Å²) in [6.07, 6.45) is 0.216. The maximum atomic E-state index is 13.5. The SMILES string of the molecule is Cc1ccc(C(CC(=O)O)NC(=O)Nc2c(CC(C)C)nc(C)n(Cc3ccccc3)c2=O)cc1. The molecule has 0 saturated carbocycles. The molecule has 1 aromatic heterocycles. The normalized spacial score (nSPS) is 11.8. The van der Waals surface area contributed by atoms with Gasteiger partial charge in [-0.1, -0.05) is 74.0 Å². The van der Waals surface area contributed by atoms with Crippen LogP contribution in [0.5, 0.6) is 0 Å². The molecule has 0 saturated heterocycles. The van der Waals surface area contributed by atoms with Crippen LogP contribution in [0.25, 0.3) is 0 Å². The monoisotopic (exact) mass is 476 g/mol. The summed E-state index contributed by atoms with van der Waals surface area (Å²) in [5.41, 5.74) is 2.89. The Labute approximate surface area is 205 Å². The van der Waals surface area contributed by atoms with Crippen molar-refractivity contribution in [2.75, 3.05) is 5.32 Å². The van der Waals surface area contributed by atoms with E-state index in [1.54, 1.807) is 19.1 Å². The van der Waals surface area contributed by atoms with Crippen LogP contribution in [0.15, 0.2) is 59.4 Å². The van der Waals surface area contributed by atoms with Crippen LogP contribution in [0.1, 0.15) is 54.5 Å². The Morgan fingerprint density at radius 2 is 1.69 bits per heavy atom. The predicted molar refractivity (Wildman–Crippen MR) is 136 cm³/mol. The zero-order valence-electron chi connectivity index (χ0n) is 20.5. The summed E-state index contributed by atoms with van der Waals surface area (Å²) >= 11 is 0. The quantitative estimate of drug-likeness (QED) is 0.422. The van der Waals surface area contributed by atoms with Gasteiger partial charge in [0.2, 0.25) is 0 Å². The molecule has 0 spiro atoms. The van der Waals surface area contributed by atoms with Crippen LogP contribution in [0, 0.1) is 19.8 Å². The topological polar surface area (TPSA) is 113 Å². The summed E-state index contributed by atoms with van der Waals surface area (Å²) in [5.74, 6) is -0.273. The minimum absolute atomic E-state index is 0.107. The lowest BCUT2D eigenvalue weighted by Crippen LogP contribution is -2.37. The van der Waals surface area contributed by atoms with Crippen molar-refractivity contribution in [3.8, 4) is 0 Å². The van der Waals surface area contributed by atoms with Crippen molar-refractivity contribution in [1.29, 1.82) is 0 Å². The zero-order valence-corrected chi connectivity index (χ0v) is 20.5. The fourth-order valence-corrected chi connectivity index (χ4v) is 3.86. The van der Waals surface area contributed by atoms with E-state index in [1.807, 2.05) is 63.2 Å². The van der Waals surface area contributed by atoms with Gasteiger partial charge in [0.15, 0.2) is 0 Å². The second-order valence-electron chi connectivity index (χ2n) is 9.12. The van der Waals surface area contributed by atoms with Crippen molar-refractivity contribution in [2.45, 2.75) is 53.1 Å². The Bertz CT molecular complexity index is 1230. The zero-order chi connectivity index (χ0) is 25.5. The Hall–Kier alpha value is -3.94. The molecule has 3 aromatic rings. The summed E-state index contributed by atoms with van der Waals surface area (Å²) in [4.78, 5) is 42.6. The first-order chi connectivity index (χ1) is 16.6. The Balaban J connectivity index is 1.92. The summed E-state index contributed by atoms with van der Waals surface area (Å²) in [5, 5.41) is 14.8. The van der Waals surface area contributed by atoms with E-state index >= 15 is 0 Å². The summed E-state index contributed by atoms with van der Waals surface area (Å²) in [6.45, 7) is 8.05. The van der Waals surface area contributed by atoms with Crippen molar-refractivity contribution >= 4 is 17.7 Å². The molecule has 2 amide bonds. The maximum absolute atomic E-state index is 13.5. The third-order valence-electron chi connectivity index (χ3n) is 5.62. The number of aliphatic carboxylic acids is 1. The van der Waals surface area contributed by atoms with Gasteiger partial charge in [0, 0.05) is 0 Å². The first kappa shape index (κ1) is 25.7. The number of amides is 2. The first-order valence-electron chi connectivity index (χ1n) is 11.6. The first-order valence-corrected chi connectivity index (χ1v) is 11.6. The third kappa shape index (κ3) is 7.02. The highest BCUT2D eigenvalue weighted by atomic mass is 16.4. The summed E-state index contributed by atoms with van der Waals surface area (Å²) in [6, 6.07) is 15.4. The summed E-state index contributed by atoms with van der Waals surface area (Å²) < 4.78 is 1.53. The van der Waals surface area contributed by atoms with Gasteiger partial charge in [-0.15, -0.1) is 0 Å². The minimum atomic E-state index is -1.04. The van der Waals surface area contributed by atoms with Gasteiger partial charge in [0.25, 0.3) is 5.56 Å². The lowest BCUT2D eigenvalue weighted by molar-refractivity contribution is -0.137. The molecule has 3 rings (SSSR count). The molecule has 0 aliphatic carbocycles. The number of nitrogens with zero attached hydrogens (tertiary/aromatic N) is 2. The van der Waals surface area contributed by atoms with Crippen molar-refractivity contribution in [2.24, 2.45) is 5.92 Å². The number of urea groups is 1. The van der Waals surface area contributed by atoms with E-state index in [2.05, 4.69) is 15.6 Å². The van der Waals surface area contributed by atoms with E-state index in [-0.39, 0.29) is 23.6 Å². The van der Waals surface area contributed by atoms with Crippen molar-refractivity contribution in [3.63, 3.8) is 0 Å². The second-order valence-corrected chi connectivity index (χ2v) is 9.12. The third-order valence-corrected chi connectivity index (χ3v) is 5.62. The van der Waals surface area contributed by atoms with Crippen molar-refractivity contribution in [1.82, 2.24) is 14.9 Å². The number of hydrogen-bond acceptors (Lipinski definition) is 4. The van der Waals surface area contributed by atoms with Gasteiger partial charge >= 0.3 is 12.0 Å². The smallest absolute Gasteiger partial charge is 0.319 e. The largest absolute Gasteiger partial charge is 0.481 e. The van der Waals surface area contributed by atoms with Gasteiger partial charge in [-0.2, -0.15) is 0 Å². The molecule has 0 aliphatic heterocycles. The minimum Gasteiger partial charge on any atom is -0.481 e. The van der Waals surface area contributed by atoms with Gasteiger partial charge in [0.05, 0.1) is 24.7 Å². The van der Waals surface area contributed by atoms with E-state index < -0.39 is 18.0 Å². The van der Waals surface area contributed by atoms with Crippen LogP contribution < -0.4 is 16.2 Å². The van der Waals surface area contributed by atoms with Crippen LogP contribution >= 0.6 is 0 Å². The Morgan fingerprint density at radius 3 is 2.29 bits per heavy atom. The highest BCUT2D eigenvalue weighted by molar-refractivity contribution is 5.90. The van der Waals surface area contributed by atoms with E-state index in [0.717, 1.165) is 11.1 Å². The number of carbonyl (C=O) groups is 2. The molecule has 0 aliphatic rings. The Morgan fingerprint density at radius 1 is 1.03 bits per heavy atom. The van der Waals surface area contributed by atoms with Crippen molar-refractivity contribution < 1.29 is 14.7 Å². The maximum Gasteiger partial charge on any atom is 0.319 e. The highest BCUT2D eigenvalue weighted by Crippen LogP contribution is 2.19. The number of benzene rings is 2. The molecule has 0 radical (unpaired) electrons. The predicted octanol–water partition coefficient (Wildman–Crippen LogP) is 4.44. The van der Waals surface area contributed by atoms with Gasteiger partial charge < -0.3 is 15.7 Å². The van der Waals surface area contributed by atoms with Crippen LogP contribution in [-0.2, 0) is 17.8 Å².